The molecule has 0 saturated heterocycles. The SMILES string of the molecule is O=C(Cc1nc2c(C(=O)Cc3nc4ccncc4[nH]3)cccc2[nH]1)c1cc2ccccc2cn1. The van der Waals surface area contributed by atoms with Crippen molar-refractivity contribution in [3.63, 3.8) is 0 Å². The third kappa shape index (κ3) is 3.61. The van der Waals surface area contributed by atoms with E-state index in [1.165, 1.54) is 0 Å². The molecule has 34 heavy (non-hydrogen) atoms. The number of rotatable bonds is 6. The first-order valence-corrected chi connectivity index (χ1v) is 10.8. The van der Waals surface area contributed by atoms with Gasteiger partial charge in [-0.2, -0.15) is 0 Å². The molecule has 0 fully saturated rings. The molecule has 2 N–H and O–H groups in total. The normalized spacial score (nSPS) is 11.4. The van der Waals surface area contributed by atoms with Gasteiger partial charge in [0.25, 0.3) is 0 Å². The highest BCUT2D eigenvalue weighted by atomic mass is 16.1. The maximum Gasteiger partial charge on any atom is 0.188 e. The number of pyridine rings is 2. The summed E-state index contributed by atoms with van der Waals surface area (Å²) in [7, 11) is 0. The van der Waals surface area contributed by atoms with Gasteiger partial charge in [-0.15, -0.1) is 0 Å². The minimum atomic E-state index is -0.145. The summed E-state index contributed by atoms with van der Waals surface area (Å²) in [6.45, 7) is 0. The van der Waals surface area contributed by atoms with Crippen LogP contribution in [0.1, 0.15) is 32.5 Å². The van der Waals surface area contributed by atoms with Crippen LogP contribution in [0.15, 0.2) is 73.2 Å². The van der Waals surface area contributed by atoms with Crippen LogP contribution >= 0.6 is 0 Å². The number of nitrogens with one attached hydrogen (secondary N) is 2. The molecule has 0 aliphatic heterocycles. The average Bonchev–Trinajstić information content (AvgIpc) is 3.46. The molecule has 2 aromatic carbocycles. The quantitative estimate of drug-likeness (QED) is 0.370. The third-order valence-corrected chi connectivity index (χ3v) is 5.77. The lowest BCUT2D eigenvalue weighted by atomic mass is 10.1. The van der Waals surface area contributed by atoms with Gasteiger partial charge in [-0.05, 0) is 29.7 Å². The van der Waals surface area contributed by atoms with Gasteiger partial charge in [-0.1, -0.05) is 30.3 Å². The fraction of sp³-hybridized carbons (Fsp3) is 0.0769. The molecule has 0 saturated carbocycles. The van der Waals surface area contributed by atoms with Gasteiger partial charge < -0.3 is 9.97 Å². The number of fused-ring (bicyclic) bond motifs is 3. The Balaban J connectivity index is 1.26. The lowest BCUT2D eigenvalue weighted by Crippen LogP contribution is -2.07. The van der Waals surface area contributed by atoms with Crippen LogP contribution < -0.4 is 0 Å². The first kappa shape index (κ1) is 19.9. The van der Waals surface area contributed by atoms with Crippen molar-refractivity contribution >= 4 is 44.4 Å². The minimum Gasteiger partial charge on any atom is -0.342 e. The van der Waals surface area contributed by atoms with Gasteiger partial charge in [-0.25, -0.2) is 9.97 Å². The summed E-state index contributed by atoms with van der Waals surface area (Å²) < 4.78 is 0. The topological polar surface area (TPSA) is 117 Å². The second-order valence-electron chi connectivity index (χ2n) is 8.08. The van der Waals surface area contributed by atoms with Gasteiger partial charge in [0.05, 0.1) is 41.1 Å². The standard InChI is InChI=1S/C26H18N6O2/c33-22(11-24-29-18-8-9-27-14-21(18)31-24)17-6-3-7-19-26(17)32-25(30-19)12-23(34)20-10-15-4-1-2-5-16(15)13-28-20/h1-10,13-14H,11-12H2,(H,29,31)(H,30,32). The van der Waals surface area contributed by atoms with E-state index in [1.807, 2.05) is 30.3 Å². The van der Waals surface area contributed by atoms with Crippen molar-refractivity contribution in [1.29, 1.82) is 0 Å². The molecule has 8 heteroatoms. The number of benzene rings is 2. The van der Waals surface area contributed by atoms with Crippen molar-refractivity contribution in [1.82, 2.24) is 29.9 Å². The molecule has 8 nitrogen and oxygen atoms in total. The number of carbonyl (C=O) groups is 2. The van der Waals surface area contributed by atoms with E-state index in [4.69, 9.17) is 0 Å². The molecule has 4 heterocycles. The Morgan fingerprint density at radius 3 is 2.44 bits per heavy atom. The van der Waals surface area contributed by atoms with E-state index in [0.717, 1.165) is 21.8 Å². The fourth-order valence-electron chi connectivity index (χ4n) is 4.11. The van der Waals surface area contributed by atoms with E-state index in [1.54, 1.807) is 42.9 Å². The van der Waals surface area contributed by atoms with Crippen LogP contribution in [0.3, 0.4) is 0 Å². The predicted octanol–water partition coefficient (Wildman–Crippen LogP) is 4.23. The molecule has 0 spiro atoms. The average molecular weight is 446 g/mol. The highest BCUT2D eigenvalue weighted by Crippen LogP contribution is 2.20. The summed E-state index contributed by atoms with van der Waals surface area (Å²) in [5.74, 6) is 0.801. The molecular formula is C26H18N6O2. The second-order valence-corrected chi connectivity index (χ2v) is 8.08. The van der Waals surface area contributed by atoms with Crippen molar-refractivity contribution in [2.45, 2.75) is 12.8 Å². The number of aromatic amines is 2. The number of Topliss-reactive ketones (excluding diaryl/α,β-unsaturated/α-hetero) is 2. The maximum absolute atomic E-state index is 13.1. The van der Waals surface area contributed by atoms with Crippen LogP contribution in [0.4, 0.5) is 0 Å². The number of ketones is 2. The largest absolute Gasteiger partial charge is 0.342 e. The number of carbonyl (C=O) groups excluding carboxylic acids is 2. The van der Waals surface area contributed by atoms with E-state index in [-0.39, 0.29) is 24.4 Å². The van der Waals surface area contributed by atoms with Crippen LogP contribution in [0.25, 0.3) is 32.8 Å². The van der Waals surface area contributed by atoms with Crippen molar-refractivity contribution < 1.29 is 9.59 Å². The van der Waals surface area contributed by atoms with Gasteiger partial charge in [0.1, 0.15) is 17.3 Å². The van der Waals surface area contributed by atoms with E-state index < -0.39 is 0 Å². The smallest absolute Gasteiger partial charge is 0.188 e. The lowest BCUT2D eigenvalue weighted by molar-refractivity contribution is 0.0981. The predicted molar refractivity (Wildman–Crippen MR) is 128 cm³/mol. The van der Waals surface area contributed by atoms with Crippen molar-refractivity contribution in [3.8, 4) is 0 Å². The van der Waals surface area contributed by atoms with Gasteiger partial charge >= 0.3 is 0 Å². The van der Waals surface area contributed by atoms with Crippen LogP contribution in [0, 0.1) is 0 Å². The summed E-state index contributed by atoms with van der Waals surface area (Å²) in [6, 6.07) is 16.7. The van der Waals surface area contributed by atoms with Gasteiger partial charge in [0, 0.05) is 23.3 Å². The van der Waals surface area contributed by atoms with E-state index >= 15 is 0 Å². The first-order valence-electron chi connectivity index (χ1n) is 10.8. The molecule has 0 atom stereocenters. The lowest BCUT2D eigenvalue weighted by Gasteiger charge is -2.01. The van der Waals surface area contributed by atoms with E-state index in [0.29, 0.717) is 33.9 Å². The molecule has 6 aromatic rings. The highest BCUT2D eigenvalue weighted by Gasteiger charge is 2.18. The molecule has 0 amide bonds. The Kier molecular flexibility index (Phi) is 4.69. The Morgan fingerprint density at radius 2 is 1.56 bits per heavy atom. The number of imidazole rings is 2. The Labute approximate surface area is 193 Å². The minimum absolute atomic E-state index is 0.0597. The number of hydrogen-bond acceptors (Lipinski definition) is 6. The van der Waals surface area contributed by atoms with Crippen LogP contribution in [-0.2, 0) is 12.8 Å². The van der Waals surface area contributed by atoms with Gasteiger partial charge in [-0.3, -0.25) is 19.6 Å². The number of hydrogen-bond donors (Lipinski definition) is 2. The molecule has 0 aliphatic carbocycles. The molecule has 0 radical (unpaired) electrons. The summed E-state index contributed by atoms with van der Waals surface area (Å²) >= 11 is 0. The monoisotopic (exact) mass is 446 g/mol. The molecule has 164 valence electrons. The zero-order valence-electron chi connectivity index (χ0n) is 17.9. The van der Waals surface area contributed by atoms with Gasteiger partial charge in [0.2, 0.25) is 0 Å². The Bertz CT molecular complexity index is 1680. The zero-order chi connectivity index (χ0) is 23.1. The Hall–Kier alpha value is -4.72. The van der Waals surface area contributed by atoms with Crippen molar-refractivity contribution in [2.24, 2.45) is 0 Å². The number of aromatic nitrogens is 6. The summed E-state index contributed by atoms with van der Waals surface area (Å²) in [6.07, 6.45) is 5.21. The molecular weight excluding hydrogens is 428 g/mol. The molecule has 0 aliphatic rings. The maximum atomic E-state index is 13.1. The first-order chi connectivity index (χ1) is 16.6. The number of nitrogens with zero attached hydrogens (tertiary/aromatic N) is 4. The number of H-pyrrole nitrogens is 2. The summed E-state index contributed by atoms with van der Waals surface area (Å²) in [5.41, 5.74) is 3.66. The number of para-hydroxylation sites is 1. The second kappa shape index (κ2) is 8.00. The molecule has 0 bridgehead atoms. The molecule has 4 aromatic heterocycles. The molecule has 0 unspecified atom stereocenters. The van der Waals surface area contributed by atoms with Crippen LogP contribution in [0.2, 0.25) is 0 Å². The van der Waals surface area contributed by atoms with Crippen molar-refractivity contribution in [3.05, 3.63) is 96.1 Å². The van der Waals surface area contributed by atoms with E-state index in [2.05, 4.69) is 29.9 Å². The Morgan fingerprint density at radius 1 is 0.765 bits per heavy atom. The molecule has 6 rings (SSSR count). The van der Waals surface area contributed by atoms with Crippen molar-refractivity contribution in [2.75, 3.05) is 0 Å². The summed E-state index contributed by atoms with van der Waals surface area (Å²) in [4.78, 5) is 49.7. The van der Waals surface area contributed by atoms with Crippen LogP contribution in [0.5, 0.6) is 0 Å². The highest BCUT2D eigenvalue weighted by molar-refractivity contribution is 6.07. The fourth-order valence-corrected chi connectivity index (χ4v) is 4.11. The zero-order valence-corrected chi connectivity index (χ0v) is 17.9. The van der Waals surface area contributed by atoms with Crippen LogP contribution in [-0.4, -0.2) is 41.5 Å². The summed E-state index contributed by atoms with van der Waals surface area (Å²) in [5, 5.41) is 1.94. The third-order valence-electron chi connectivity index (χ3n) is 5.77. The van der Waals surface area contributed by atoms with Gasteiger partial charge in [0.15, 0.2) is 11.6 Å². The van der Waals surface area contributed by atoms with E-state index in [9.17, 15) is 9.59 Å².